The van der Waals surface area contributed by atoms with Crippen molar-refractivity contribution >= 4 is 0 Å². The van der Waals surface area contributed by atoms with Crippen molar-refractivity contribution in [3.8, 4) is 11.3 Å². The second-order valence-corrected chi connectivity index (χ2v) is 3.60. The van der Waals surface area contributed by atoms with Crippen molar-refractivity contribution in [2.75, 3.05) is 0 Å². The molecular formula is C13H14N2. The molecule has 1 aromatic carbocycles. The van der Waals surface area contributed by atoms with Gasteiger partial charge in [0.25, 0.3) is 0 Å². The molecule has 0 unspecified atom stereocenters. The first kappa shape index (κ1) is 9.84. The van der Waals surface area contributed by atoms with Crippen molar-refractivity contribution in [1.29, 1.82) is 0 Å². The van der Waals surface area contributed by atoms with Gasteiger partial charge < -0.3 is 0 Å². The molecule has 2 heteroatoms. The Kier molecular flexibility index (Phi) is 2.77. The Morgan fingerprint density at radius 3 is 2.40 bits per heavy atom. The maximum Gasteiger partial charge on any atom is 0.0888 e. The minimum Gasteiger partial charge on any atom is -0.261 e. The van der Waals surface area contributed by atoms with E-state index in [1.165, 1.54) is 5.56 Å². The van der Waals surface area contributed by atoms with Gasteiger partial charge in [-0.3, -0.25) is 4.98 Å². The van der Waals surface area contributed by atoms with Gasteiger partial charge in [-0.15, -0.1) is 0 Å². The van der Waals surface area contributed by atoms with E-state index in [1.54, 1.807) is 12.4 Å². The second kappa shape index (κ2) is 4.22. The third kappa shape index (κ3) is 2.21. The van der Waals surface area contributed by atoms with E-state index in [-0.39, 0.29) is 0 Å². The number of rotatable bonds is 2. The number of benzene rings is 1. The van der Waals surface area contributed by atoms with Crippen LogP contribution in [-0.4, -0.2) is 9.97 Å². The molecule has 1 aromatic heterocycles. The zero-order valence-electron chi connectivity index (χ0n) is 9.07. The van der Waals surface area contributed by atoms with E-state index in [2.05, 4.69) is 41.2 Å². The monoisotopic (exact) mass is 198 g/mol. The van der Waals surface area contributed by atoms with E-state index in [9.17, 15) is 0 Å². The van der Waals surface area contributed by atoms with Crippen LogP contribution in [0.2, 0.25) is 0 Å². The Hall–Kier alpha value is -1.70. The van der Waals surface area contributed by atoms with Crippen LogP contribution in [0, 0.1) is 6.92 Å². The molecule has 0 atom stereocenters. The largest absolute Gasteiger partial charge is 0.261 e. The minimum absolute atomic E-state index is 0.942. The maximum atomic E-state index is 4.44. The molecule has 1 heterocycles. The van der Waals surface area contributed by atoms with E-state index >= 15 is 0 Å². The van der Waals surface area contributed by atoms with Crippen molar-refractivity contribution < 1.29 is 0 Å². The highest BCUT2D eigenvalue weighted by Gasteiger charge is 1.99. The summed E-state index contributed by atoms with van der Waals surface area (Å²) in [6, 6.07) is 8.48. The quantitative estimate of drug-likeness (QED) is 0.741. The van der Waals surface area contributed by atoms with Crippen LogP contribution in [0.5, 0.6) is 0 Å². The Balaban J connectivity index is 2.37. The molecule has 0 fully saturated rings. The predicted octanol–water partition coefficient (Wildman–Crippen LogP) is 3.01. The number of nitrogens with zero attached hydrogens (tertiary/aromatic N) is 2. The van der Waals surface area contributed by atoms with Crippen molar-refractivity contribution in [2.45, 2.75) is 20.3 Å². The van der Waals surface area contributed by atoms with Crippen LogP contribution in [0.25, 0.3) is 11.3 Å². The van der Waals surface area contributed by atoms with Gasteiger partial charge >= 0.3 is 0 Å². The molecule has 2 rings (SSSR count). The van der Waals surface area contributed by atoms with Gasteiger partial charge in [-0.05, 0) is 18.9 Å². The lowest BCUT2D eigenvalue weighted by atomic mass is 10.1. The van der Waals surface area contributed by atoms with Crippen molar-refractivity contribution in [2.24, 2.45) is 0 Å². The highest BCUT2D eigenvalue weighted by Crippen LogP contribution is 2.16. The standard InChI is InChI=1S/C13H14N2/c1-3-11-4-6-12(7-5-11)13-9-14-8-10(2)15-13/h4-9H,3H2,1-2H3. The SMILES string of the molecule is CCc1ccc(-c2cncc(C)n2)cc1. The lowest BCUT2D eigenvalue weighted by Crippen LogP contribution is -1.89. The van der Waals surface area contributed by atoms with Crippen LogP contribution >= 0.6 is 0 Å². The average Bonchev–Trinajstić information content (AvgIpc) is 2.29. The van der Waals surface area contributed by atoms with Crippen molar-refractivity contribution in [3.05, 3.63) is 47.9 Å². The Labute approximate surface area is 90.0 Å². The molecule has 0 spiro atoms. The molecule has 0 radical (unpaired) electrons. The normalized spacial score (nSPS) is 10.3. The molecule has 0 aliphatic carbocycles. The van der Waals surface area contributed by atoms with Gasteiger partial charge in [0.15, 0.2) is 0 Å². The van der Waals surface area contributed by atoms with Crippen LogP contribution in [0.15, 0.2) is 36.7 Å². The van der Waals surface area contributed by atoms with Crippen LogP contribution in [0.4, 0.5) is 0 Å². The summed E-state index contributed by atoms with van der Waals surface area (Å²) in [6.45, 7) is 4.11. The van der Waals surface area contributed by atoms with Crippen molar-refractivity contribution in [1.82, 2.24) is 9.97 Å². The van der Waals surface area contributed by atoms with Gasteiger partial charge in [-0.25, -0.2) is 4.98 Å². The zero-order chi connectivity index (χ0) is 10.7. The van der Waals surface area contributed by atoms with E-state index in [4.69, 9.17) is 0 Å². The van der Waals surface area contributed by atoms with Crippen molar-refractivity contribution in [3.63, 3.8) is 0 Å². The first-order chi connectivity index (χ1) is 7.29. The van der Waals surface area contributed by atoms with E-state index < -0.39 is 0 Å². The first-order valence-corrected chi connectivity index (χ1v) is 5.17. The average molecular weight is 198 g/mol. The molecule has 0 aliphatic rings. The summed E-state index contributed by atoms with van der Waals surface area (Å²) in [4.78, 5) is 8.58. The summed E-state index contributed by atoms with van der Waals surface area (Å²) in [6.07, 6.45) is 4.64. The van der Waals surface area contributed by atoms with E-state index in [0.29, 0.717) is 0 Å². The van der Waals surface area contributed by atoms with Gasteiger partial charge in [-0.1, -0.05) is 31.2 Å². The van der Waals surface area contributed by atoms with Gasteiger partial charge in [0, 0.05) is 11.8 Å². The highest BCUT2D eigenvalue weighted by atomic mass is 14.8. The number of aryl methyl sites for hydroxylation is 2. The Morgan fingerprint density at radius 2 is 1.80 bits per heavy atom. The fraction of sp³-hybridized carbons (Fsp3) is 0.231. The molecule has 0 amide bonds. The Bertz CT molecular complexity index is 446. The summed E-state index contributed by atoms with van der Waals surface area (Å²) >= 11 is 0. The maximum absolute atomic E-state index is 4.44. The Morgan fingerprint density at radius 1 is 1.07 bits per heavy atom. The fourth-order valence-electron chi connectivity index (χ4n) is 1.51. The molecule has 0 saturated carbocycles. The number of aromatic nitrogens is 2. The topological polar surface area (TPSA) is 25.8 Å². The lowest BCUT2D eigenvalue weighted by Gasteiger charge is -2.02. The van der Waals surface area contributed by atoms with Gasteiger partial charge in [0.1, 0.15) is 0 Å². The minimum atomic E-state index is 0.942. The molecule has 2 nitrogen and oxygen atoms in total. The van der Waals surface area contributed by atoms with Crippen LogP contribution < -0.4 is 0 Å². The second-order valence-electron chi connectivity index (χ2n) is 3.60. The van der Waals surface area contributed by atoms with E-state index in [0.717, 1.165) is 23.4 Å². The smallest absolute Gasteiger partial charge is 0.0888 e. The summed E-state index contributed by atoms with van der Waals surface area (Å²) in [5.41, 5.74) is 4.37. The molecule has 15 heavy (non-hydrogen) atoms. The summed E-state index contributed by atoms with van der Waals surface area (Å²) in [5, 5.41) is 0. The summed E-state index contributed by atoms with van der Waals surface area (Å²) < 4.78 is 0. The zero-order valence-corrected chi connectivity index (χ0v) is 9.07. The molecule has 0 saturated heterocycles. The summed E-state index contributed by atoms with van der Waals surface area (Å²) in [5.74, 6) is 0. The number of hydrogen-bond acceptors (Lipinski definition) is 2. The molecule has 0 bridgehead atoms. The fourth-order valence-corrected chi connectivity index (χ4v) is 1.51. The summed E-state index contributed by atoms with van der Waals surface area (Å²) in [7, 11) is 0. The third-order valence-corrected chi connectivity index (χ3v) is 2.41. The highest BCUT2D eigenvalue weighted by molar-refractivity contribution is 5.58. The van der Waals surface area contributed by atoms with Gasteiger partial charge in [0.2, 0.25) is 0 Å². The third-order valence-electron chi connectivity index (χ3n) is 2.41. The molecule has 0 aliphatic heterocycles. The number of hydrogen-bond donors (Lipinski definition) is 0. The van der Waals surface area contributed by atoms with Gasteiger partial charge in [-0.2, -0.15) is 0 Å². The molecule has 0 N–H and O–H groups in total. The van der Waals surface area contributed by atoms with Crippen LogP contribution in [0.3, 0.4) is 0 Å². The van der Waals surface area contributed by atoms with Crippen LogP contribution in [-0.2, 0) is 6.42 Å². The molecule has 76 valence electrons. The molecule has 2 aromatic rings. The lowest BCUT2D eigenvalue weighted by molar-refractivity contribution is 1.12. The first-order valence-electron chi connectivity index (χ1n) is 5.17. The molecular weight excluding hydrogens is 184 g/mol. The predicted molar refractivity (Wildman–Crippen MR) is 61.6 cm³/mol. The van der Waals surface area contributed by atoms with Gasteiger partial charge in [0.05, 0.1) is 17.6 Å². The van der Waals surface area contributed by atoms with Crippen LogP contribution in [0.1, 0.15) is 18.2 Å². The van der Waals surface area contributed by atoms with E-state index in [1.807, 2.05) is 6.92 Å².